The van der Waals surface area contributed by atoms with E-state index in [2.05, 4.69) is 4.98 Å². The lowest BCUT2D eigenvalue weighted by Gasteiger charge is -2.27. The summed E-state index contributed by atoms with van der Waals surface area (Å²) in [4.78, 5) is 31.5. The molecule has 2 aliphatic heterocycles. The molecule has 0 radical (unpaired) electrons. The lowest BCUT2D eigenvalue weighted by molar-refractivity contribution is -0.140. The van der Waals surface area contributed by atoms with Gasteiger partial charge in [0.15, 0.2) is 0 Å². The molecule has 2 aromatic rings. The number of methoxy groups -OCH3 is 1. The smallest absolute Gasteiger partial charge is 0.295 e. The summed E-state index contributed by atoms with van der Waals surface area (Å²) in [7, 11) is 1.49. The number of carbonyl (C=O) groups excluding carboxylic acids is 2. The Hall–Kier alpha value is -2.90. The van der Waals surface area contributed by atoms with E-state index in [1.54, 1.807) is 36.7 Å². The van der Waals surface area contributed by atoms with Gasteiger partial charge in [0, 0.05) is 31.1 Å². The number of amides is 1. The van der Waals surface area contributed by atoms with Crippen LogP contribution in [0.4, 0.5) is 0 Å². The van der Waals surface area contributed by atoms with Crippen LogP contribution in [0.25, 0.3) is 5.76 Å². The average Bonchev–Trinajstić information content (AvgIpc) is 3.36. The fraction of sp³-hybridized carbons (Fsp3) is 0.318. The third-order valence-corrected chi connectivity index (χ3v) is 5.69. The molecule has 156 valence electrons. The van der Waals surface area contributed by atoms with Crippen molar-refractivity contribution in [2.75, 3.05) is 20.3 Å². The van der Waals surface area contributed by atoms with Gasteiger partial charge in [-0.05, 0) is 42.7 Å². The number of ketones is 1. The van der Waals surface area contributed by atoms with Crippen molar-refractivity contribution in [2.24, 2.45) is 0 Å². The van der Waals surface area contributed by atoms with Gasteiger partial charge in [0.25, 0.3) is 11.7 Å². The number of likely N-dealkylation sites (tertiary alicyclic amines) is 1. The third kappa shape index (κ3) is 3.66. The van der Waals surface area contributed by atoms with Crippen molar-refractivity contribution in [3.05, 3.63) is 64.4 Å². The third-order valence-electron chi connectivity index (χ3n) is 5.39. The van der Waals surface area contributed by atoms with Crippen LogP contribution in [0.5, 0.6) is 5.75 Å². The minimum atomic E-state index is -0.760. The molecule has 0 aliphatic carbocycles. The molecular weight excluding hydrogens is 408 g/mol. The predicted octanol–water partition coefficient (Wildman–Crippen LogP) is 3.34. The summed E-state index contributed by atoms with van der Waals surface area (Å²) >= 11 is 6.19. The maximum absolute atomic E-state index is 13.0. The summed E-state index contributed by atoms with van der Waals surface area (Å²) in [5, 5.41) is 11.3. The molecule has 1 amide bonds. The molecule has 8 heteroatoms. The molecule has 2 saturated heterocycles. The van der Waals surface area contributed by atoms with Crippen LogP contribution in [0.1, 0.15) is 30.0 Å². The van der Waals surface area contributed by atoms with Crippen molar-refractivity contribution >= 4 is 29.1 Å². The number of Topliss-reactive ketones (excluding diaryl/α,β-unsaturated/α-hetero) is 1. The summed E-state index contributed by atoms with van der Waals surface area (Å²) in [6.07, 6.45) is 4.79. The van der Waals surface area contributed by atoms with Crippen molar-refractivity contribution in [1.29, 1.82) is 0 Å². The minimum absolute atomic E-state index is 0.00669. The van der Waals surface area contributed by atoms with Gasteiger partial charge in [-0.15, -0.1) is 0 Å². The standard InChI is InChI=1S/C22H21ClN2O5/c1-29-17-7-6-13(10-16(17)23)20(26)18-19(14-4-2-8-24-11-14)25(22(28)21(18)27)12-15-5-3-9-30-15/h2,4,6-8,10-11,15,19,26H,3,5,9,12H2,1H3/b20-18-. The summed E-state index contributed by atoms with van der Waals surface area (Å²) in [6.45, 7) is 0.904. The maximum atomic E-state index is 13.0. The van der Waals surface area contributed by atoms with Crippen LogP contribution < -0.4 is 4.74 Å². The van der Waals surface area contributed by atoms with Gasteiger partial charge in [-0.1, -0.05) is 17.7 Å². The molecule has 0 spiro atoms. The molecule has 1 N–H and O–H groups in total. The number of carbonyl (C=O) groups is 2. The van der Waals surface area contributed by atoms with Gasteiger partial charge in [-0.2, -0.15) is 0 Å². The van der Waals surface area contributed by atoms with Crippen molar-refractivity contribution in [2.45, 2.75) is 25.0 Å². The minimum Gasteiger partial charge on any atom is -0.507 e. The first-order chi connectivity index (χ1) is 14.5. The summed E-state index contributed by atoms with van der Waals surface area (Å²) in [6, 6.07) is 7.44. The fourth-order valence-electron chi connectivity index (χ4n) is 3.93. The molecule has 4 rings (SSSR count). The summed E-state index contributed by atoms with van der Waals surface area (Å²) in [5.41, 5.74) is 0.966. The summed E-state index contributed by atoms with van der Waals surface area (Å²) in [5.74, 6) is -1.26. The second kappa shape index (κ2) is 8.45. The second-order valence-electron chi connectivity index (χ2n) is 7.22. The van der Waals surface area contributed by atoms with Crippen molar-refractivity contribution in [3.63, 3.8) is 0 Å². The molecule has 2 atom stereocenters. The lowest BCUT2D eigenvalue weighted by Crippen LogP contribution is -2.36. The number of hydrogen-bond donors (Lipinski definition) is 1. The maximum Gasteiger partial charge on any atom is 0.295 e. The van der Waals surface area contributed by atoms with Gasteiger partial charge < -0.3 is 19.5 Å². The zero-order valence-corrected chi connectivity index (χ0v) is 17.1. The molecule has 7 nitrogen and oxygen atoms in total. The number of hydrogen-bond acceptors (Lipinski definition) is 6. The Morgan fingerprint density at radius 2 is 2.20 bits per heavy atom. The van der Waals surface area contributed by atoms with Crippen LogP contribution in [-0.2, 0) is 14.3 Å². The highest BCUT2D eigenvalue weighted by Gasteiger charge is 2.47. The first kappa shape index (κ1) is 20.4. The monoisotopic (exact) mass is 428 g/mol. The van der Waals surface area contributed by atoms with Gasteiger partial charge in [0.05, 0.1) is 29.9 Å². The lowest BCUT2D eigenvalue weighted by atomic mass is 9.96. The SMILES string of the molecule is COc1ccc(/C(O)=C2/C(=O)C(=O)N(CC3CCCO3)C2c2cccnc2)cc1Cl. The average molecular weight is 429 g/mol. The first-order valence-corrected chi connectivity index (χ1v) is 10.0. The predicted molar refractivity (Wildman–Crippen MR) is 110 cm³/mol. The Morgan fingerprint density at radius 1 is 1.37 bits per heavy atom. The second-order valence-corrected chi connectivity index (χ2v) is 7.63. The molecule has 1 aromatic carbocycles. The molecule has 30 heavy (non-hydrogen) atoms. The number of pyridine rings is 1. The number of ether oxygens (including phenoxy) is 2. The van der Waals surface area contributed by atoms with Gasteiger partial charge in [0.2, 0.25) is 0 Å². The Morgan fingerprint density at radius 3 is 2.83 bits per heavy atom. The van der Waals surface area contributed by atoms with Crippen LogP contribution in [0.2, 0.25) is 5.02 Å². The van der Waals surface area contributed by atoms with Crippen LogP contribution in [0.3, 0.4) is 0 Å². The van der Waals surface area contributed by atoms with Crippen LogP contribution >= 0.6 is 11.6 Å². The number of halogens is 1. The van der Waals surface area contributed by atoms with E-state index >= 15 is 0 Å². The van der Waals surface area contributed by atoms with E-state index in [0.717, 1.165) is 12.8 Å². The van der Waals surface area contributed by atoms with Gasteiger partial charge in [-0.3, -0.25) is 14.6 Å². The highest BCUT2D eigenvalue weighted by atomic mass is 35.5. The Balaban J connectivity index is 1.81. The van der Waals surface area contributed by atoms with E-state index in [4.69, 9.17) is 21.1 Å². The largest absolute Gasteiger partial charge is 0.507 e. The number of aromatic nitrogens is 1. The zero-order chi connectivity index (χ0) is 21.3. The van der Waals surface area contributed by atoms with E-state index in [0.29, 0.717) is 23.5 Å². The molecule has 2 aliphatic rings. The normalized spacial score (nSPS) is 23.2. The van der Waals surface area contributed by atoms with Gasteiger partial charge >= 0.3 is 0 Å². The fourth-order valence-corrected chi connectivity index (χ4v) is 4.19. The number of aliphatic hydroxyl groups excluding tert-OH is 1. The number of benzene rings is 1. The molecule has 0 saturated carbocycles. The molecule has 3 heterocycles. The van der Waals surface area contributed by atoms with Crippen LogP contribution in [0, 0.1) is 0 Å². The zero-order valence-electron chi connectivity index (χ0n) is 16.4. The number of nitrogens with zero attached hydrogens (tertiary/aromatic N) is 2. The molecule has 0 bridgehead atoms. The number of rotatable bonds is 5. The van der Waals surface area contributed by atoms with Crippen LogP contribution in [-0.4, -0.2) is 53.0 Å². The summed E-state index contributed by atoms with van der Waals surface area (Å²) < 4.78 is 10.8. The topological polar surface area (TPSA) is 89.0 Å². The van der Waals surface area contributed by atoms with Crippen LogP contribution in [0.15, 0.2) is 48.3 Å². The van der Waals surface area contributed by atoms with E-state index < -0.39 is 17.7 Å². The Bertz CT molecular complexity index is 1000. The Labute approximate surface area is 178 Å². The van der Waals surface area contributed by atoms with E-state index in [1.807, 2.05) is 0 Å². The molecular formula is C22H21ClN2O5. The van der Waals surface area contributed by atoms with Crippen molar-refractivity contribution in [3.8, 4) is 5.75 Å². The highest BCUT2D eigenvalue weighted by Crippen LogP contribution is 2.40. The molecule has 2 unspecified atom stereocenters. The van der Waals surface area contributed by atoms with E-state index in [9.17, 15) is 14.7 Å². The van der Waals surface area contributed by atoms with Gasteiger partial charge in [-0.25, -0.2) is 0 Å². The van der Waals surface area contributed by atoms with Crippen molar-refractivity contribution in [1.82, 2.24) is 9.88 Å². The van der Waals surface area contributed by atoms with Gasteiger partial charge in [0.1, 0.15) is 11.5 Å². The molecule has 1 aromatic heterocycles. The van der Waals surface area contributed by atoms with Crippen molar-refractivity contribution < 1.29 is 24.2 Å². The van der Waals surface area contributed by atoms with E-state index in [-0.39, 0.29) is 29.0 Å². The van der Waals surface area contributed by atoms with E-state index in [1.165, 1.54) is 18.1 Å². The highest BCUT2D eigenvalue weighted by molar-refractivity contribution is 6.46. The molecule has 2 fully saturated rings. The quantitative estimate of drug-likeness (QED) is 0.446. The first-order valence-electron chi connectivity index (χ1n) is 9.65. The number of aliphatic hydroxyl groups is 1. The Kier molecular flexibility index (Phi) is 5.74.